The van der Waals surface area contributed by atoms with E-state index in [0.29, 0.717) is 11.4 Å². The normalized spacial score (nSPS) is 15.5. The third kappa shape index (κ3) is 10.3. The van der Waals surface area contributed by atoms with Crippen LogP contribution in [-0.4, -0.2) is 21.8 Å². The lowest BCUT2D eigenvalue weighted by Crippen LogP contribution is -2.27. The van der Waals surface area contributed by atoms with Crippen molar-refractivity contribution >= 4 is 22.9 Å². The average Bonchev–Trinajstić information content (AvgIpc) is 3.18. The van der Waals surface area contributed by atoms with Gasteiger partial charge in [0.05, 0.1) is 23.8 Å². The van der Waals surface area contributed by atoms with Gasteiger partial charge in [-0.05, 0) is 133 Å². The van der Waals surface area contributed by atoms with Crippen LogP contribution in [0.4, 0.5) is 11.4 Å². The summed E-state index contributed by atoms with van der Waals surface area (Å²) in [5, 5.41) is 38.7. The molecule has 6 rings (SSSR count). The van der Waals surface area contributed by atoms with E-state index in [1.165, 1.54) is 0 Å². The lowest BCUT2D eigenvalue weighted by atomic mass is 9.72. The molecule has 62 heavy (non-hydrogen) atoms. The van der Waals surface area contributed by atoms with Crippen LogP contribution in [0.25, 0.3) is 33.4 Å². The number of allylic oxidation sites excluding steroid dienone is 10. The minimum Gasteiger partial charge on any atom is -0.508 e. The van der Waals surface area contributed by atoms with Crippen molar-refractivity contribution in [1.29, 1.82) is 0 Å². The highest BCUT2D eigenvalue weighted by Crippen LogP contribution is 2.43. The van der Waals surface area contributed by atoms with Gasteiger partial charge in [0.25, 0.3) is 0 Å². The second-order valence-electron chi connectivity index (χ2n) is 20.1. The lowest BCUT2D eigenvalue weighted by Gasteiger charge is -2.31. The maximum atomic E-state index is 13.5. The van der Waals surface area contributed by atoms with Gasteiger partial charge in [0.1, 0.15) is 11.5 Å². The molecule has 8 nitrogen and oxygen atoms in total. The summed E-state index contributed by atoms with van der Waals surface area (Å²) in [4.78, 5) is 27.0. The quantitative estimate of drug-likeness (QED) is 0.180. The number of benzene rings is 4. The number of ketones is 2. The van der Waals surface area contributed by atoms with E-state index in [9.17, 15) is 19.8 Å². The number of Topliss-reactive ketones (excluding diaryl/α,β-unsaturated/α-hetero) is 2. The highest BCUT2D eigenvalue weighted by atomic mass is 16.3. The molecule has 0 fully saturated rings. The van der Waals surface area contributed by atoms with Crippen molar-refractivity contribution in [2.45, 2.75) is 83.1 Å². The molecule has 2 aliphatic carbocycles. The molecule has 8 heteroatoms. The number of nitrogens with zero attached hydrogens (tertiary/aromatic N) is 4. The van der Waals surface area contributed by atoms with Gasteiger partial charge in [-0.3, -0.25) is 9.59 Å². The van der Waals surface area contributed by atoms with Crippen molar-refractivity contribution in [2.75, 3.05) is 0 Å². The van der Waals surface area contributed by atoms with Crippen LogP contribution < -0.4 is 0 Å². The number of hydrogen-bond acceptors (Lipinski definition) is 8. The number of carbonyl (C=O) groups is 2. The molecule has 0 spiro atoms. The van der Waals surface area contributed by atoms with Crippen LogP contribution in [-0.2, 0) is 9.59 Å². The largest absolute Gasteiger partial charge is 0.508 e. The molecule has 2 N–H and O–H groups in total. The standard InChI is InChI=1S/C54H58N4O4/c1-51(2,3)44-25-33(26-45(49(44)61)52(4,5)6)31-55-57-38-18-23-41(42(30-38)35-13-19-39(59)20-14-35)37-17-24-48(43(29-37)36-15-21-40(60)22-16-36)58-56-32-34-27-46(53(7,8)9)50(62)47(28-34)54(10,11)12/h13-32,59-60H,1-12H3/b57-55+,58-56+. The Morgan fingerprint density at radius 1 is 0.419 bits per heavy atom. The molecule has 4 aromatic carbocycles. The van der Waals surface area contributed by atoms with E-state index >= 15 is 0 Å². The fraction of sp³-hybridized carbons (Fsp3) is 0.296. The van der Waals surface area contributed by atoms with Gasteiger partial charge in [-0.15, -0.1) is 0 Å². The summed E-state index contributed by atoms with van der Waals surface area (Å²) < 4.78 is 0. The molecule has 0 saturated carbocycles. The van der Waals surface area contributed by atoms with Crippen LogP contribution in [0.5, 0.6) is 11.5 Å². The van der Waals surface area contributed by atoms with Gasteiger partial charge in [-0.1, -0.05) is 119 Å². The molecule has 0 radical (unpaired) electrons. The Bertz CT molecular complexity index is 2600. The molecule has 4 aromatic rings. The Balaban J connectivity index is 1.43. The number of phenolic OH excluding ortho intramolecular Hbond substituents is 2. The summed E-state index contributed by atoms with van der Waals surface area (Å²) in [6, 6.07) is 25.9. The van der Waals surface area contributed by atoms with Gasteiger partial charge < -0.3 is 10.2 Å². The summed E-state index contributed by atoms with van der Waals surface area (Å²) >= 11 is 0. The predicted octanol–water partition coefficient (Wildman–Crippen LogP) is 15.1. The van der Waals surface area contributed by atoms with Crippen molar-refractivity contribution in [1.82, 2.24) is 0 Å². The van der Waals surface area contributed by atoms with Gasteiger partial charge in [0, 0.05) is 27.9 Å². The van der Waals surface area contributed by atoms with Crippen LogP contribution in [0.1, 0.15) is 83.1 Å². The summed E-state index contributed by atoms with van der Waals surface area (Å²) in [6.45, 7) is 24.5. The van der Waals surface area contributed by atoms with Gasteiger partial charge in [-0.25, -0.2) is 0 Å². The molecule has 0 heterocycles. The Hall–Kier alpha value is -6.54. The molecule has 0 amide bonds. The molecule has 318 valence electrons. The lowest BCUT2D eigenvalue weighted by molar-refractivity contribution is -0.114. The summed E-state index contributed by atoms with van der Waals surface area (Å²) in [5.74, 6) is 0.425. The van der Waals surface area contributed by atoms with Crippen molar-refractivity contribution in [3.63, 3.8) is 0 Å². The molecule has 2 aliphatic rings. The second kappa shape index (κ2) is 17.1. The van der Waals surface area contributed by atoms with Crippen molar-refractivity contribution in [3.8, 4) is 44.9 Å². The van der Waals surface area contributed by atoms with Gasteiger partial charge in [0.2, 0.25) is 0 Å². The topological polar surface area (TPSA) is 124 Å². The maximum Gasteiger partial charge on any atom is 0.186 e. The van der Waals surface area contributed by atoms with Gasteiger partial charge >= 0.3 is 0 Å². The van der Waals surface area contributed by atoms with Gasteiger partial charge in [0.15, 0.2) is 11.6 Å². The van der Waals surface area contributed by atoms with E-state index in [0.717, 1.165) is 66.8 Å². The smallest absolute Gasteiger partial charge is 0.186 e. The van der Waals surface area contributed by atoms with E-state index in [1.54, 1.807) is 36.7 Å². The maximum absolute atomic E-state index is 13.5. The number of phenols is 2. The zero-order valence-corrected chi connectivity index (χ0v) is 38.0. The van der Waals surface area contributed by atoms with Crippen LogP contribution in [0.3, 0.4) is 0 Å². The minimum absolute atomic E-state index is 0.0573. The van der Waals surface area contributed by atoms with Crippen LogP contribution in [0.15, 0.2) is 176 Å². The van der Waals surface area contributed by atoms with E-state index < -0.39 is 0 Å². The molecule has 0 aliphatic heterocycles. The minimum atomic E-state index is -0.350. The molecular weight excluding hydrogens is 769 g/mol. The van der Waals surface area contributed by atoms with Crippen molar-refractivity contribution in [2.24, 2.45) is 42.1 Å². The van der Waals surface area contributed by atoms with E-state index in [1.807, 2.05) is 162 Å². The number of carbonyl (C=O) groups excluding carboxylic acids is 2. The number of hydrogen-bond donors (Lipinski definition) is 2. The number of aromatic hydroxyl groups is 2. The molecule has 0 saturated heterocycles. The zero-order chi connectivity index (χ0) is 45.4. The first-order valence-corrected chi connectivity index (χ1v) is 21.0. The highest BCUT2D eigenvalue weighted by Gasteiger charge is 2.35. The van der Waals surface area contributed by atoms with Crippen molar-refractivity contribution in [3.05, 3.63) is 155 Å². The van der Waals surface area contributed by atoms with Crippen molar-refractivity contribution < 1.29 is 19.8 Å². The third-order valence-corrected chi connectivity index (χ3v) is 10.9. The predicted molar refractivity (Wildman–Crippen MR) is 251 cm³/mol. The number of azo groups is 2. The highest BCUT2D eigenvalue weighted by molar-refractivity contribution is 6.12. The fourth-order valence-corrected chi connectivity index (χ4v) is 7.39. The Labute approximate surface area is 366 Å². The summed E-state index contributed by atoms with van der Waals surface area (Å²) in [6.07, 6.45) is 11.0. The van der Waals surface area contributed by atoms with Crippen LogP contribution in [0.2, 0.25) is 0 Å². The first-order chi connectivity index (χ1) is 28.9. The summed E-state index contributed by atoms with van der Waals surface area (Å²) in [7, 11) is 0. The number of rotatable bonds is 7. The average molecular weight is 827 g/mol. The molecule has 0 unspecified atom stereocenters. The summed E-state index contributed by atoms with van der Waals surface area (Å²) in [5.41, 5.74) is 9.57. The Morgan fingerprint density at radius 2 is 0.806 bits per heavy atom. The zero-order valence-electron chi connectivity index (χ0n) is 38.0. The first kappa shape index (κ1) is 45.0. The Kier molecular flexibility index (Phi) is 12.4. The SMILES string of the molecule is CC(C)(C)C1=CC(=C/N=N/c2ccc(-c3ccc(/N=N/C=C4C=C(C(C)(C)C)C(=O)C(C(C)(C)C)=C4)c(-c4ccc(O)cc4)c3)c(-c3ccc(O)cc3)c2)C=C(C(C)(C)C)C1=O. The van der Waals surface area contributed by atoms with E-state index in [2.05, 4.69) is 21.4 Å². The Morgan fingerprint density at radius 3 is 1.23 bits per heavy atom. The van der Waals surface area contributed by atoms with E-state index in [-0.39, 0.29) is 44.7 Å². The van der Waals surface area contributed by atoms with E-state index in [4.69, 9.17) is 5.11 Å². The fourth-order valence-electron chi connectivity index (χ4n) is 7.39. The molecular formula is C54H58N4O4. The molecule has 0 aromatic heterocycles. The first-order valence-electron chi connectivity index (χ1n) is 21.0. The van der Waals surface area contributed by atoms with Crippen LogP contribution in [0, 0.1) is 21.7 Å². The van der Waals surface area contributed by atoms with Crippen LogP contribution >= 0.6 is 0 Å². The third-order valence-electron chi connectivity index (χ3n) is 10.9. The molecule has 0 bridgehead atoms. The monoisotopic (exact) mass is 826 g/mol. The van der Waals surface area contributed by atoms with Gasteiger partial charge in [-0.2, -0.15) is 20.5 Å². The second-order valence-corrected chi connectivity index (χ2v) is 20.1. The molecule has 0 atom stereocenters.